The van der Waals surface area contributed by atoms with Crippen molar-refractivity contribution in [1.82, 2.24) is 24.1 Å². The van der Waals surface area contributed by atoms with Gasteiger partial charge >= 0.3 is 0 Å². The van der Waals surface area contributed by atoms with Crippen LogP contribution in [0.15, 0.2) is 36.8 Å². The molecule has 1 aliphatic heterocycles. The number of carbonyl (C=O) groups is 1. The number of nitrogens with zero attached hydrogens (tertiary/aromatic N) is 6. The van der Waals surface area contributed by atoms with Crippen LogP contribution in [0.5, 0.6) is 0 Å². The molecule has 166 valence electrons. The number of amides is 1. The third-order valence-electron chi connectivity index (χ3n) is 6.13. The minimum atomic E-state index is -0.487. The SMILES string of the molecule is Cc1cn2cc(NC(=O)c3ccc(N4CC[C@H](N(C)C)C4)c4cn(C)nc34)cc(F)c2n1. The van der Waals surface area contributed by atoms with E-state index in [1.54, 1.807) is 34.5 Å². The van der Waals surface area contributed by atoms with Gasteiger partial charge in [0.1, 0.15) is 5.52 Å². The molecule has 1 N–H and O–H groups in total. The number of anilines is 2. The van der Waals surface area contributed by atoms with Crippen LogP contribution in [-0.4, -0.2) is 63.2 Å². The van der Waals surface area contributed by atoms with Crippen LogP contribution in [0.25, 0.3) is 16.6 Å². The zero-order chi connectivity index (χ0) is 22.6. The number of aromatic nitrogens is 4. The highest BCUT2D eigenvalue weighted by atomic mass is 19.1. The molecule has 1 amide bonds. The monoisotopic (exact) mass is 435 g/mol. The Morgan fingerprint density at radius 2 is 2.06 bits per heavy atom. The first kappa shape index (κ1) is 20.4. The molecule has 4 heterocycles. The number of rotatable bonds is 4. The molecule has 1 aliphatic rings. The summed E-state index contributed by atoms with van der Waals surface area (Å²) in [6.45, 7) is 3.69. The third kappa shape index (κ3) is 3.48. The second-order valence-electron chi connectivity index (χ2n) is 8.69. The Balaban J connectivity index is 1.48. The molecular formula is C23H26FN7O. The van der Waals surface area contributed by atoms with Gasteiger partial charge in [0.25, 0.3) is 5.91 Å². The molecule has 0 unspecified atom stereocenters. The van der Waals surface area contributed by atoms with Crippen molar-refractivity contribution in [1.29, 1.82) is 0 Å². The standard InChI is InChI=1S/C23H26FN7O/c1-14-10-31-11-15(9-19(24)22(31)25-14)26-23(32)17-5-6-20(18-13-29(4)27-21(17)18)30-8-7-16(12-30)28(2)3/h5-6,9-11,13,16H,7-8,12H2,1-4H3,(H,26,32)/t16-/m0/s1. The lowest BCUT2D eigenvalue weighted by molar-refractivity contribution is 0.102. The van der Waals surface area contributed by atoms with Crippen molar-refractivity contribution in [2.75, 3.05) is 37.4 Å². The minimum Gasteiger partial charge on any atom is -0.369 e. The summed E-state index contributed by atoms with van der Waals surface area (Å²) in [6.07, 6.45) is 6.42. The fraction of sp³-hybridized carbons (Fsp3) is 0.348. The van der Waals surface area contributed by atoms with Crippen LogP contribution < -0.4 is 10.2 Å². The van der Waals surface area contributed by atoms with Crippen molar-refractivity contribution in [2.45, 2.75) is 19.4 Å². The highest BCUT2D eigenvalue weighted by Gasteiger charge is 2.27. The Morgan fingerprint density at radius 3 is 2.81 bits per heavy atom. The van der Waals surface area contributed by atoms with Gasteiger partial charge in [0, 0.05) is 61.9 Å². The average molecular weight is 436 g/mol. The lowest BCUT2D eigenvalue weighted by Crippen LogP contribution is -2.31. The van der Waals surface area contributed by atoms with Crippen molar-refractivity contribution in [3.8, 4) is 0 Å². The van der Waals surface area contributed by atoms with Gasteiger partial charge in [-0.2, -0.15) is 5.10 Å². The van der Waals surface area contributed by atoms with Crippen molar-refractivity contribution < 1.29 is 9.18 Å². The van der Waals surface area contributed by atoms with Crippen molar-refractivity contribution in [3.63, 3.8) is 0 Å². The van der Waals surface area contributed by atoms with Crippen molar-refractivity contribution in [3.05, 3.63) is 53.9 Å². The Kier molecular flexibility index (Phi) is 4.85. The maximum atomic E-state index is 14.4. The minimum absolute atomic E-state index is 0.235. The number of carbonyl (C=O) groups excluding carboxylic acids is 1. The first-order valence-electron chi connectivity index (χ1n) is 10.6. The largest absolute Gasteiger partial charge is 0.369 e. The first-order chi connectivity index (χ1) is 15.3. The fourth-order valence-corrected chi connectivity index (χ4v) is 4.49. The number of hydrogen-bond acceptors (Lipinski definition) is 5. The number of halogens is 1. The number of hydrogen-bond donors (Lipinski definition) is 1. The van der Waals surface area contributed by atoms with E-state index in [1.807, 2.05) is 19.3 Å². The summed E-state index contributed by atoms with van der Waals surface area (Å²) in [7, 11) is 6.06. The lowest BCUT2D eigenvalue weighted by atomic mass is 10.1. The molecular weight excluding hydrogens is 409 g/mol. The molecule has 4 aromatic rings. The molecule has 1 fully saturated rings. The van der Waals surface area contributed by atoms with Gasteiger partial charge in [-0.1, -0.05) is 0 Å². The number of nitrogens with one attached hydrogen (secondary N) is 1. The molecule has 0 radical (unpaired) electrons. The molecule has 0 bridgehead atoms. The zero-order valence-electron chi connectivity index (χ0n) is 18.6. The molecule has 1 atom stereocenters. The van der Waals surface area contributed by atoms with Crippen LogP contribution in [0.2, 0.25) is 0 Å². The van der Waals surface area contributed by atoms with Crippen LogP contribution in [0.3, 0.4) is 0 Å². The number of imidazole rings is 1. The smallest absolute Gasteiger partial charge is 0.257 e. The van der Waals surface area contributed by atoms with E-state index >= 15 is 0 Å². The summed E-state index contributed by atoms with van der Waals surface area (Å²) in [5, 5.41) is 8.31. The summed E-state index contributed by atoms with van der Waals surface area (Å²) >= 11 is 0. The molecule has 0 aliphatic carbocycles. The summed E-state index contributed by atoms with van der Waals surface area (Å²) in [4.78, 5) is 21.9. The summed E-state index contributed by atoms with van der Waals surface area (Å²) < 4.78 is 17.7. The number of fused-ring (bicyclic) bond motifs is 2. The van der Waals surface area contributed by atoms with Gasteiger partial charge in [-0.05, 0) is 39.6 Å². The van der Waals surface area contributed by atoms with Crippen molar-refractivity contribution in [2.24, 2.45) is 7.05 Å². The van der Waals surface area contributed by atoms with Crippen LogP contribution in [0.4, 0.5) is 15.8 Å². The zero-order valence-corrected chi connectivity index (χ0v) is 18.6. The molecule has 5 rings (SSSR count). The molecule has 1 aromatic carbocycles. The van der Waals surface area contributed by atoms with Gasteiger partial charge < -0.3 is 19.5 Å². The highest BCUT2D eigenvalue weighted by molar-refractivity contribution is 6.13. The topological polar surface area (TPSA) is 70.7 Å². The number of likely N-dealkylation sites (N-methyl/N-ethyl adjacent to an activating group) is 1. The predicted octanol–water partition coefficient (Wildman–Crippen LogP) is 3.06. The van der Waals surface area contributed by atoms with Gasteiger partial charge in [0.2, 0.25) is 0 Å². The summed E-state index contributed by atoms with van der Waals surface area (Å²) in [5.74, 6) is -0.817. The van der Waals surface area contributed by atoms with E-state index in [-0.39, 0.29) is 11.6 Å². The Hall–Kier alpha value is -3.46. The second-order valence-corrected chi connectivity index (χ2v) is 8.69. The average Bonchev–Trinajstić information content (AvgIpc) is 3.44. The Labute approximate surface area is 185 Å². The molecule has 0 saturated carbocycles. The van der Waals surface area contributed by atoms with E-state index in [2.05, 4.69) is 39.3 Å². The molecule has 8 nitrogen and oxygen atoms in total. The maximum absolute atomic E-state index is 14.4. The van der Waals surface area contributed by atoms with Gasteiger partial charge in [-0.15, -0.1) is 0 Å². The fourth-order valence-electron chi connectivity index (χ4n) is 4.49. The quantitative estimate of drug-likeness (QED) is 0.534. The first-order valence-corrected chi connectivity index (χ1v) is 10.6. The predicted molar refractivity (Wildman–Crippen MR) is 123 cm³/mol. The Morgan fingerprint density at radius 1 is 1.25 bits per heavy atom. The third-order valence-corrected chi connectivity index (χ3v) is 6.13. The number of aryl methyl sites for hydroxylation is 2. The van der Waals surface area contributed by atoms with Gasteiger partial charge in [-0.25, -0.2) is 9.37 Å². The van der Waals surface area contributed by atoms with E-state index in [0.717, 1.165) is 30.6 Å². The van der Waals surface area contributed by atoms with Gasteiger partial charge in [0.15, 0.2) is 11.5 Å². The molecule has 9 heteroatoms. The summed E-state index contributed by atoms with van der Waals surface area (Å²) in [5.41, 5.74) is 3.47. The molecule has 32 heavy (non-hydrogen) atoms. The second kappa shape index (κ2) is 7.59. The number of pyridine rings is 1. The number of benzene rings is 1. The van der Waals surface area contributed by atoms with E-state index < -0.39 is 5.82 Å². The highest BCUT2D eigenvalue weighted by Crippen LogP contribution is 2.32. The van der Waals surface area contributed by atoms with Gasteiger partial charge in [0.05, 0.1) is 16.9 Å². The van der Waals surface area contributed by atoms with E-state index in [0.29, 0.717) is 28.5 Å². The van der Waals surface area contributed by atoms with Crippen LogP contribution in [-0.2, 0) is 7.05 Å². The van der Waals surface area contributed by atoms with Crippen LogP contribution in [0.1, 0.15) is 22.5 Å². The lowest BCUT2D eigenvalue weighted by Gasteiger charge is -2.22. The Bertz CT molecular complexity index is 1340. The van der Waals surface area contributed by atoms with E-state index in [1.165, 1.54) is 6.07 Å². The van der Waals surface area contributed by atoms with Crippen molar-refractivity contribution >= 4 is 33.8 Å². The summed E-state index contributed by atoms with van der Waals surface area (Å²) in [6, 6.07) is 5.58. The molecule has 1 saturated heterocycles. The van der Waals surface area contributed by atoms with Gasteiger partial charge in [-0.3, -0.25) is 9.48 Å². The van der Waals surface area contributed by atoms with Crippen LogP contribution in [0, 0.1) is 12.7 Å². The molecule has 0 spiro atoms. The molecule has 3 aromatic heterocycles. The normalized spacial score (nSPS) is 16.6. The van der Waals surface area contributed by atoms with Crippen LogP contribution >= 0.6 is 0 Å². The van der Waals surface area contributed by atoms with E-state index in [4.69, 9.17) is 0 Å². The maximum Gasteiger partial charge on any atom is 0.257 e. The van der Waals surface area contributed by atoms with E-state index in [9.17, 15) is 9.18 Å².